The molecule has 4 N–H and O–H groups in total. The van der Waals surface area contributed by atoms with E-state index in [1.807, 2.05) is 0 Å². The van der Waals surface area contributed by atoms with Crippen molar-refractivity contribution in [3.8, 4) is 0 Å². The first-order valence-electron chi connectivity index (χ1n) is 9.50. The van der Waals surface area contributed by atoms with E-state index in [-0.39, 0.29) is 29.4 Å². The number of hydrogen-bond donors (Lipinski definition) is 3. The predicted octanol–water partition coefficient (Wildman–Crippen LogP) is 0.496. The normalized spacial score (nSPS) is 26.2. The molecular weight excluding hydrogens is 402 g/mol. The maximum absolute atomic E-state index is 13.1. The zero-order valence-electron chi connectivity index (χ0n) is 15.8. The standard InChI is InChI=1S/C17H27N5O4S2/c1-2-19-17(24)21-9-10-22(28(25,26)14-4-3-11-27-14)16(21)15(23)20-13-7-5-12(18)6-8-13/h3-4,11-13,16H,2,5-10,18H2,1H3,(H,19,24)(H,20,23). The molecule has 1 saturated heterocycles. The molecule has 3 amide bonds. The van der Waals surface area contributed by atoms with E-state index >= 15 is 0 Å². The summed E-state index contributed by atoms with van der Waals surface area (Å²) in [4.78, 5) is 26.8. The number of rotatable bonds is 5. The number of thiophene rings is 1. The molecule has 9 nitrogen and oxygen atoms in total. The smallest absolute Gasteiger partial charge is 0.319 e. The highest BCUT2D eigenvalue weighted by atomic mass is 32.2. The Balaban J connectivity index is 1.83. The third-order valence-corrected chi connectivity index (χ3v) is 8.36. The summed E-state index contributed by atoms with van der Waals surface area (Å²) in [5.41, 5.74) is 5.92. The van der Waals surface area contributed by atoms with Crippen LogP contribution >= 0.6 is 11.3 Å². The third-order valence-electron chi connectivity index (χ3n) is 5.13. The molecule has 156 valence electrons. The predicted molar refractivity (Wildman–Crippen MR) is 106 cm³/mol. The molecule has 1 aromatic heterocycles. The summed E-state index contributed by atoms with van der Waals surface area (Å²) in [6, 6.07) is 2.79. The summed E-state index contributed by atoms with van der Waals surface area (Å²) >= 11 is 1.09. The highest BCUT2D eigenvalue weighted by Gasteiger charge is 2.47. The molecule has 0 spiro atoms. The maximum Gasteiger partial charge on any atom is 0.319 e. The number of carbonyl (C=O) groups excluding carboxylic acids is 2. The van der Waals surface area contributed by atoms with Crippen LogP contribution in [-0.4, -0.2) is 67.4 Å². The Bertz CT molecular complexity index is 790. The number of hydrogen-bond acceptors (Lipinski definition) is 6. The summed E-state index contributed by atoms with van der Waals surface area (Å²) in [5.74, 6) is -0.468. The number of urea groups is 1. The first-order valence-corrected chi connectivity index (χ1v) is 11.8. The molecule has 2 heterocycles. The molecule has 2 fully saturated rings. The van der Waals surface area contributed by atoms with Gasteiger partial charge in [-0.05, 0) is 44.1 Å². The van der Waals surface area contributed by atoms with Gasteiger partial charge in [-0.1, -0.05) is 6.07 Å². The van der Waals surface area contributed by atoms with E-state index in [9.17, 15) is 18.0 Å². The molecule has 2 aliphatic rings. The van der Waals surface area contributed by atoms with Crippen molar-refractivity contribution < 1.29 is 18.0 Å². The number of carbonyl (C=O) groups is 2. The molecule has 1 saturated carbocycles. The van der Waals surface area contributed by atoms with Crippen LogP contribution < -0.4 is 16.4 Å². The van der Waals surface area contributed by atoms with E-state index in [1.54, 1.807) is 18.4 Å². The number of nitrogens with zero attached hydrogens (tertiary/aromatic N) is 2. The summed E-state index contributed by atoms with van der Waals surface area (Å²) in [6.45, 7) is 2.39. The van der Waals surface area contributed by atoms with E-state index < -0.39 is 28.1 Å². The molecule has 0 bridgehead atoms. The monoisotopic (exact) mass is 429 g/mol. The van der Waals surface area contributed by atoms with Crippen molar-refractivity contribution in [2.75, 3.05) is 19.6 Å². The van der Waals surface area contributed by atoms with Crippen molar-refractivity contribution in [3.63, 3.8) is 0 Å². The lowest BCUT2D eigenvalue weighted by Crippen LogP contribution is -2.57. The van der Waals surface area contributed by atoms with E-state index in [4.69, 9.17) is 5.73 Å². The zero-order chi connectivity index (χ0) is 20.3. The molecule has 1 aliphatic carbocycles. The van der Waals surface area contributed by atoms with E-state index in [2.05, 4.69) is 10.6 Å². The largest absolute Gasteiger partial charge is 0.350 e. The molecule has 1 atom stereocenters. The second-order valence-electron chi connectivity index (χ2n) is 7.07. The van der Waals surface area contributed by atoms with Crippen molar-refractivity contribution >= 4 is 33.3 Å². The highest BCUT2D eigenvalue weighted by molar-refractivity contribution is 7.91. The fraction of sp³-hybridized carbons (Fsp3) is 0.647. The Morgan fingerprint density at radius 2 is 1.96 bits per heavy atom. The summed E-state index contributed by atoms with van der Waals surface area (Å²) in [6.07, 6.45) is 1.92. The highest BCUT2D eigenvalue weighted by Crippen LogP contribution is 2.28. The van der Waals surface area contributed by atoms with Gasteiger partial charge in [-0.2, -0.15) is 4.31 Å². The summed E-state index contributed by atoms with van der Waals surface area (Å²) < 4.78 is 27.4. The van der Waals surface area contributed by atoms with Crippen molar-refractivity contribution in [1.29, 1.82) is 0 Å². The van der Waals surface area contributed by atoms with Crippen LogP contribution in [0.15, 0.2) is 21.7 Å². The van der Waals surface area contributed by atoms with Gasteiger partial charge in [0.25, 0.3) is 15.9 Å². The van der Waals surface area contributed by atoms with Gasteiger partial charge in [0.05, 0.1) is 0 Å². The van der Waals surface area contributed by atoms with E-state index in [0.29, 0.717) is 6.54 Å². The van der Waals surface area contributed by atoms with Crippen molar-refractivity contribution in [3.05, 3.63) is 17.5 Å². The zero-order valence-corrected chi connectivity index (χ0v) is 17.5. The molecule has 3 rings (SSSR count). The van der Waals surface area contributed by atoms with Gasteiger partial charge in [-0.3, -0.25) is 9.69 Å². The van der Waals surface area contributed by atoms with Gasteiger partial charge >= 0.3 is 6.03 Å². The molecule has 1 unspecified atom stereocenters. The van der Waals surface area contributed by atoms with Gasteiger partial charge in [0.2, 0.25) is 0 Å². The number of nitrogens with two attached hydrogens (primary N) is 1. The van der Waals surface area contributed by atoms with Crippen LogP contribution in [-0.2, 0) is 14.8 Å². The molecule has 0 radical (unpaired) electrons. The lowest BCUT2D eigenvalue weighted by Gasteiger charge is -2.32. The van der Waals surface area contributed by atoms with Crippen LogP contribution in [0.1, 0.15) is 32.6 Å². The Morgan fingerprint density at radius 1 is 1.25 bits per heavy atom. The van der Waals surface area contributed by atoms with E-state index in [1.165, 1.54) is 11.0 Å². The fourth-order valence-electron chi connectivity index (χ4n) is 3.66. The Hall–Kier alpha value is -1.69. The lowest BCUT2D eigenvalue weighted by atomic mass is 9.92. The quantitative estimate of drug-likeness (QED) is 0.628. The number of amides is 3. The summed E-state index contributed by atoms with van der Waals surface area (Å²) in [7, 11) is -3.87. The van der Waals surface area contributed by atoms with Crippen LogP contribution in [0.5, 0.6) is 0 Å². The minimum atomic E-state index is -3.87. The molecular formula is C17H27N5O4S2. The fourth-order valence-corrected chi connectivity index (χ4v) is 6.33. The first-order chi connectivity index (χ1) is 13.3. The van der Waals surface area contributed by atoms with Crippen molar-refractivity contribution in [1.82, 2.24) is 19.8 Å². The third kappa shape index (κ3) is 4.32. The van der Waals surface area contributed by atoms with Crippen LogP contribution in [0.25, 0.3) is 0 Å². The van der Waals surface area contributed by atoms with Crippen molar-refractivity contribution in [2.24, 2.45) is 5.73 Å². The van der Waals surface area contributed by atoms with Crippen LogP contribution in [0.4, 0.5) is 4.79 Å². The molecule has 1 aliphatic heterocycles. The maximum atomic E-state index is 13.1. The van der Waals surface area contributed by atoms with Crippen LogP contribution in [0, 0.1) is 0 Å². The molecule has 11 heteroatoms. The first kappa shape index (κ1) is 21.0. The average Bonchev–Trinajstić information content (AvgIpc) is 3.34. The van der Waals surface area contributed by atoms with Crippen LogP contribution in [0.3, 0.4) is 0 Å². The van der Waals surface area contributed by atoms with Gasteiger partial charge in [0.1, 0.15) is 4.21 Å². The van der Waals surface area contributed by atoms with E-state index in [0.717, 1.165) is 41.3 Å². The Morgan fingerprint density at radius 3 is 2.57 bits per heavy atom. The Kier molecular flexibility index (Phi) is 6.58. The minimum absolute atomic E-state index is 0.0599. The summed E-state index contributed by atoms with van der Waals surface area (Å²) in [5, 5.41) is 7.27. The molecule has 28 heavy (non-hydrogen) atoms. The van der Waals surface area contributed by atoms with Crippen molar-refractivity contribution in [2.45, 2.75) is 55.1 Å². The Labute approximate surface area is 169 Å². The number of nitrogens with one attached hydrogen (secondary N) is 2. The van der Waals surface area contributed by atoms with Gasteiger partial charge in [-0.25, -0.2) is 13.2 Å². The lowest BCUT2D eigenvalue weighted by molar-refractivity contribution is -0.128. The van der Waals surface area contributed by atoms with Gasteiger partial charge in [-0.15, -0.1) is 11.3 Å². The topological polar surface area (TPSA) is 125 Å². The van der Waals surface area contributed by atoms with Gasteiger partial charge < -0.3 is 16.4 Å². The average molecular weight is 430 g/mol. The van der Waals surface area contributed by atoms with Gasteiger partial charge in [0, 0.05) is 31.7 Å². The second-order valence-corrected chi connectivity index (χ2v) is 10.1. The second kappa shape index (κ2) is 8.76. The van der Waals surface area contributed by atoms with Crippen LogP contribution in [0.2, 0.25) is 0 Å². The van der Waals surface area contributed by atoms with Gasteiger partial charge in [0.15, 0.2) is 6.17 Å². The number of sulfonamides is 1. The molecule has 1 aromatic rings. The minimum Gasteiger partial charge on any atom is -0.350 e. The SMILES string of the molecule is CCNC(=O)N1CCN(S(=O)(=O)c2cccs2)C1C(=O)NC1CCC(N)CC1. The molecule has 0 aromatic carbocycles.